The summed E-state index contributed by atoms with van der Waals surface area (Å²) in [7, 11) is 0. The van der Waals surface area contributed by atoms with E-state index in [4.69, 9.17) is 0 Å². The molecular formula is C14H23BrN4. The van der Waals surface area contributed by atoms with Gasteiger partial charge in [0.1, 0.15) is 0 Å². The monoisotopic (exact) mass is 326 g/mol. The van der Waals surface area contributed by atoms with E-state index in [0.717, 1.165) is 16.7 Å². The highest BCUT2D eigenvalue weighted by atomic mass is 79.9. The van der Waals surface area contributed by atoms with E-state index in [1.165, 1.54) is 32.7 Å². The van der Waals surface area contributed by atoms with Crippen LogP contribution in [0.2, 0.25) is 0 Å². The molecule has 1 aromatic heterocycles. The molecule has 4 nitrogen and oxygen atoms in total. The maximum atomic E-state index is 4.17. The fraction of sp³-hybridized carbons (Fsp3) is 0.643. The zero-order valence-corrected chi connectivity index (χ0v) is 13.4. The summed E-state index contributed by atoms with van der Waals surface area (Å²) in [5, 5.41) is 3.46. The van der Waals surface area contributed by atoms with Crippen molar-refractivity contribution in [3.8, 4) is 0 Å². The van der Waals surface area contributed by atoms with Gasteiger partial charge >= 0.3 is 0 Å². The maximum absolute atomic E-state index is 4.17. The van der Waals surface area contributed by atoms with E-state index in [1.807, 2.05) is 6.20 Å². The van der Waals surface area contributed by atoms with Crippen LogP contribution in [0.3, 0.4) is 0 Å². The van der Waals surface area contributed by atoms with Crippen molar-refractivity contribution < 1.29 is 0 Å². The summed E-state index contributed by atoms with van der Waals surface area (Å²) in [6, 6.07) is 2.62. The largest absolute Gasteiger partial charge is 0.382 e. The van der Waals surface area contributed by atoms with Gasteiger partial charge in [-0.2, -0.15) is 0 Å². The second kappa shape index (κ2) is 7.22. The van der Waals surface area contributed by atoms with Crippen LogP contribution in [0.1, 0.15) is 13.8 Å². The second-order valence-corrected chi connectivity index (χ2v) is 6.01. The number of nitrogens with zero attached hydrogens (tertiary/aromatic N) is 3. The summed E-state index contributed by atoms with van der Waals surface area (Å²) in [6.07, 6.45) is 3.67. The number of piperazine rings is 1. The van der Waals surface area contributed by atoms with Crippen LogP contribution in [0.25, 0.3) is 0 Å². The highest BCUT2D eigenvalue weighted by Crippen LogP contribution is 2.14. The van der Waals surface area contributed by atoms with Gasteiger partial charge < -0.3 is 10.2 Å². The number of pyridine rings is 1. The van der Waals surface area contributed by atoms with E-state index in [2.05, 4.69) is 55.9 Å². The lowest BCUT2D eigenvalue weighted by atomic mass is 10.2. The first-order valence-electron chi connectivity index (χ1n) is 7.00. The topological polar surface area (TPSA) is 31.4 Å². The standard InChI is InChI=1S/C14H23BrN4/c1-3-18-4-6-19(7-5-18)12(2)9-17-14-8-13(15)10-16-11-14/h8,10-12,17H,3-7,9H2,1-2H3. The van der Waals surface area contributed by atoms with Crippen LogP contribution in [0.5, 0.6) is 0 Å². The Bertz CT molecular complexity index is 391. The number of anilines is 1. The van der Waals surface area contributed by atoms with E-state index in [0.29, 0.717) is 6.04 Å². The molecule has 106 valence electrons. The molecule has 1 aromatic rings. The minimum absolute atomic E-state index is 0.554. The van der Waals surface area contributed by atoms with Gasteiger partial charge in [0.05, 0.1) is 11.9 Å². The lowest BCUT2D eigenvalue weighted by molar-refractivity contribution is 0.110. The molecule has 1 saturated heterocycles. The summed E-state index contributed by atoms with van der Waals surface area (Å²) >= 11 is 3.44. The number of rotatable bonds is 5. The minimum atomic E-state index is 0.554. The van der Waals surface area contributed by atoms with Crippen LogP contribution in [0.15, 0.2) is 22.9 Å². The van der Waals surface area contributed by atoms with Gasteiger partial charge in [0.15, 0.2) is 0 Å². The third kappa shape index (κ3) is 4.44. The van der Waals surface area contributed by atoms with Gasteiger partial charge in [-0.25, -0.2) is 0 Å². The predicted octanol–water partition coefficient (Wildman–Crippen LogP) is 2.28. The molecule has 0 aromatic carbocycles. The lowest BCUT2D eigenvalue weighted by Crippen LogP contribution is -2.50. The Morgan fingerprint density at radius 3 is 2.68 bits per heavy atom. The second-order valence-electron chi connectivity index (χ2n) is 5.09. The number of aromatic nitrogens is 1. The summed E-state index contributed by atoms with van der Waals surface area (Å²) in [5.74, 6) is 0. The number of hydrogen-bond donors (Lipinski definition) is 1. The summed E-state index contributed by atoms with van der Waals surface area (Å²) in [6.45, 7) is 11.4. The first-order chi connectivity index (χ1) is 9.19. The maximum Gasteiger partial charge on any atom is 0.0538 e. The number of hydrogen-bond acceptors (Lipinski definition) is 4. The molecule has 0 spiro atoms. The van der Waals surface area contributed by atoms with E-state index in [-0.39, 0.29) is 0 Å². The minimum Gasteiger partial charge on any atom is -0.382 e. The Morgan fingerprint density at radius 2 is 2.05 bits per heavy atom. The Hall–Kier alpha value is -0.650. The van der Waals surface area contributed by atoms with Crippen molar-refractivity contribution in [2.75, 3.05) is 44.6 Å². The zero-order chi connectivity index (χ0) is 13.7. The van der Waals surface area contributed by atoms with Crippen molar-refractivity contribution >= 4 is 21.6 Å². The quantitative estimate of drug-likeness (QED) is 0.899. The van der Waals surface area contributed by atoms with Gasteiger partial charge in [-0.05, 0) is 35.5 Å². The smallest absolute Gasteiger partial charge is 0.0538 e. The molecule has 2 heterocycles. The third-order valence-corrected chi connectivity index (χ3v) is 4.22. The molecule has 1 unspecified atom stereocenters. The lowest BCUT2D eigenvalue weighted by Gasteiger charge is -2.37. The van der Waals surface area contributed by atoms with E-state index in [9.17, 15) is 0 Å². The number of halogens is 1. The Morgan fingerprint density at radius 1 is 1.32 bits per heavy atom. The molecule has 1 N–H and O–H groups in total. The Kier molecular flexibility index (Phi) is 5.60. The van der Waals surface area contributed by atoms with E-state index >= 15 is 0 Å². The normalized spacial score (nSPS) is 19.3. The van der Waals surface area contributed by atoms with Gasteiger partial charge in [-0.1, -0.05) is 6.92 Å². The zero-order valence-electron chi connectivity index (χ0n) is 11.8. The SMILES string of the molecule is CCN1CCN(C(C)CNc2cncc(Br)c2)CC1. The van der Waals surface area contributed by atoms with Crippen molar-refractivity contribution in [2.45, 2.75) is 19.9 Å². The molecule has 0 aliphatic carbocycles. The molecule has 1 aliphatic rings. The molecule has 0 amide bonds. The van der Waals surface area contributed by atoms with Crippen molar-refractivity contribution in [3.63, 3.8) is 0 Å². The van der Waals surface area contributed by atoms with Crippen LogP contribution in [0, 0.1) is 0 Å². The van der Waals surface area contributed by atoms with Gasteiger partial charge in [-0.3, -0.25) is 9.88 Å². The highest BCUT2D eigenvalue weighted by Gasteiger charge is 2.19. The van der Waals surface area contributed by atoms with Crippen molar-refractivity contribution in [3.05, 3.63) is 22.9 Å². The number of likely N-dealkylation sites (N-methyl/N-ethyl adjacent to an activating group) is 1. The molecule has 1 fully saturated rings. The van der Waals surface area contributed by atoms with Crippen LogP contribution < -0.4 is 5.32 Å². The van der Waals surface area contributed by atoms with Crippen LogP contribution >= 0.6 is 15.9 Å². The molecule has 0 saturated carbocycles. The van der Waals surface area contributed by atoms with E-state index in [1.54, 1.807) is 6.20 Å². The first-order valence-corrected chi connectivity index (χ1v) is 7.79. The van der Waals surface area contributed by atoms with Crippen LogP contribution in [-0.2, 0) is 0 Å². The first kappa shape index (κ1) is 14.8. The van der Waals surface area contributed by atoms with Crippen molar-refractivity contribution in [1.82, 2.24) is 14.8 Å². The number of nitrogens with one attached hydrogen (secondary N) is 1. The van der Waals surface area contributed by atoms with Crippen LogP contribution in [0.4, 0.5) is 5.69 Å². The van der Waals surface area contributed by atoms with Gasteiger partial charge in [0.25, 0.3) is 0 Å². The molecule has 5 heteroatoms. The Labute approximate surface area is 124 Å². The fourth-order valence-corrected chi connectivity index (χ4v) is 2.79. The molecule has 0 bridgehead atoms. The average Bonchev–Trinajstić information content (AvgIpc) is 2.45. The summed E-state index contributed by atoms with van der Waals surface area (Å²) < 4.78 is 1.02. The fourth-order valence-electron chi connectivity index (χ4n) is 2.42. The average molecular weight is 327 g/mol. The van der Waals surface area contributed by atoms with Gasteiger partial charge in [-0.15, -0.1) is 0 Å². The van der Waals surface area contributed by atoms with E-state index < -0.39 is 0 Å². The molecule has 0 radical (unpaired) electrons. The van der Waals surface area contributed by atoms with Gasteiger partial charge in [0.2, 0.25) is 0 Å². The predicted molar refractivity (Wildman–Crippen MR) is 83.6 cm³/mol. The highest BCUT2D eigenvalue weighted by molar-refractivity contribution is 9.10. The molecule has 19 heavy (non-hydrogen) atoms. The summed E-state index contributed by atoms with van der Waals surface area (Å²) in [4.78, 5) is 9.23. The molecule has 1 aliphatic heterocycles. The third-order valence-electron chi connectivity index (χ3n) is 3.78. The molecular weight excluding hydrogens is 304 g/mol. The Balaban J connectivity index is 1.77. The van der Waals surface area contributed by atoms with Gasteiger partial charge in [0, 0.05) is 49.4 Å². The van der Waals surface area contributed by atoms with Crippen molar-refractivity contribution in [1.29, 1.82) is 0 Å². The van der Waals surface area contributed by atoms with Crippen molar-refractivity contribution in [2.24, 2.45) is 0 Å². The summed E-state index contributed by atoms with van der Waals surface area (Å²) in [5.41, 5.74) is 1.08. The van der Waals surface area contributed by atoms with Crippen LogP contribution in [-0.4, -0.2) is 60.1 Å². The molecule has 1 atom stereocenters. The molecule has 2 rings (SSSR count).